The Labute approximate surface area is 167 Å². The Morgan fingerprint density at radius 3 is 2.50 bits per heavy atom. The van der Waals surface area contributed by atoms with Crippen LogP contribution in [0.2, 0.25) is 0 Å². The number of carbonyl (C=O) groups is 1. The van der Waals surface area contributed by atoms with E-state index in [1.165, 1.54) is 35.4 Å². The number of hydrogen-bond donors (Lipinski definition) is 1. The van der Waals surface area contributed by atoms with E-state index in [4.69, 9.17) is 0 Å². The SMILES string of the molecule is Cc1ccc(CNC(=O)c2ccc(-n3c(C)cc4c3CCC(C)C4)cc2)cc1. The van der Waals surface area contributed by atoms with Crippen molar-refractivity contribution < 1.29 is 4.79 Å². The third-order valence-electron chi connectivity index (χ3n) is 5.78. The quantitative estimate of drug-likeness (QED) is 0.675. The van der Waals surface area contributed by atoms with Gasteiger partial charge in [0.05, 0.1) is 0 Å². The van der Waals surface area contributed by atoms with Crippen molar-refractivity contribution >= 4 is 5.91 Å². The lowest BCUT2D eigenvalue weighted by Crippen LogP contribution is -2.22. The molecule has 0 aliphatic heterocycles. The van der Waals surface area contributed by atoms with Crippen LogP contribution in [-0.4, -0.2) is 10.5 Å². The summed E-state index contributed by atoms with van der Waals surface area (Å²) >= 11 is 0. The van der Waals surface area contributed by atoms with Crippen molar-refractivity contribution in [3.63, 3.8) is 0 Å². The normalized spacial score (nSPS) is 15.9. The fourth-order valence-electron chi connectivity index (χ4n) is 4.18. The van der Waals surface area contributed by atoms with E-state index < -0.39 is 0 Å². The number of nitrogens with one attached hydrogen (secondary N) is 1. The van der Waals surface area contributed by atoms with Crippen molar-refractivity contribution in [3.05, 3.63) is 88.2 Å². The highest BCUT2D eigenvalue weighted by molar-refractivity contribution is 5.94. The molecule has 1 atom stereocenters. The lowest BCUT2D eigenvalue weighted by molar-refractivity contribution is 0.0951. The van der Waals surface area contributed by atoms with Crippen molar-refractivity contribution in [1.29, 1.82) is 0 Å². The van der Waals surface area contributed by atoms with E-state index in [-0.39, 0.29) is 5.91 Å². The first kappa shape index (κ1) is 18.5. The number of hydrogen-bond acceptors (Lipinski definition) is 1. The van der Waals surface area contributed by atoms with Crippen LogP contribution in [0.1, 0.15) is 51.8 Å². The molecule has 1 aliphatic carbocycles. The summed E-state index contributed by atoms with van der Waals surface area (Å²) in [5.41, 5.74) is 8.37. The van der Waals surface area contributed by atoms with Gasteiger partial charge in [-0.2, -0.15) is 0 Å². The van der Waals surface area contributed by atoms with Crippen LogP contribution in [-0.2, 0) is 19.4 Å². The van der Waals surface area contributed by atoms with E-state index >= 15 is 0 Å². The lowest BCUT2D eigenvalue weighted by atomic mass is 9.89. The summed E-state index contributed by atoms with van der Waals surface area (Å²) in [4.78, 5) is 12.5. The molecule has 1 amide bonds. The third-order valence-corrected chi connectivity index (χ3v) is 5.78. The van der Waals surface area contributed by atoms with Crippen LogP contribution in [0.25, 0.3) is 5.69 Å². The molecule has 3 heteroatoms. The van der Waals surface area contributed by atoms with Crippen LogP contribution in [0.4, 0.5) is 0 Å². The Bertz CT molecular complexity index is 981. The second kappa shape index (κ2) is 7.67. The van der Waals surface area contributed by atoms with Crippen molar-refractivity contribution in [2.45, 2.75) is 46.6 Å². The molecule has 28 heavy (non-hydrogen) atoms. The molecule has 1 aliphatic rings. The van der Waals surface area contributed by atoms with E-state index in [1.807, 2.05) is 12.1 Å². The summed E-state index contributed by atoms with van der Waals surface area (Å²) < 4.78 is 2.36. The monoisotopic (exact) mass is 372 g/mol. The minimum absolute atomic E-state index is 0.0350. The number of aromatic nitrogens is 1. The van der Waals surface area contributed by atoms with Crippen LogP contribution in [0.3, 0.4) is 0 Å². The topological polar surface area (TPSA) is 34.0 Å². The van der Waals surface area contributed by atoms with E-state index in [0.29, 0.717) is 12.1 Å². The van der Waals surface area contributed by atoms with Gasteiger partial charge in [0.1, 0.15) is 0 Å². The number of carbonyl (C=O) groups excluding carboxylic acids is 1. The first-order chi connectivity index (χ1) is 13.5. The molecule has 0 spiro atoms. The van der Waals surface area contributed by atoms with Crippen molar-refractivity contribution in [1.82, 2.24) is 9.88 Å². The number of benzene rings is 2. The van der Waals surface area contributed by atoms with Crippen LogP contribution >= 0.6 is 0 Å². The zero-order chi connectivity index (χ0) is 19.7. The molecular formula is C25H28N2O. The number of rotatable bonds is 4. The molecule has 3 nitrogen and oxygen atoms in total. The van der Waals surface area contributed by atoms with Crippen molar-refractivity contribution in [3.8, 4) is 5.69 Å². The van der Waals surface area contributed by atoms with Gasteiger partial charge in [-0.3, -0.25) is 4.79 Å². The maximum atomic E-state index is 12.5. The minimum atomic E-state index is -0.0350. The van der Waals surface area contributed by atoms with Crippen molar-refractivity contribution in [2.75, 3.05) is 0 Å². The van der Waals surface area contributed by atoms with E-state index in [2.05, 4.69) is 73.1 Å². The molecule has 0 saturated heterocycles. The summed E-state index contributed by atoms with van der Waals surface area (Å²) in [5.74, 6) is 0.731. The molecule has 1 unspecified atom stereocenters. The van der Waals surface area contributed by atoms with Gasteiger partial charge in [-0.1, -0.05) is 36.8 Å². The maximum absolute atomic E-state index is 12.5. The standard InChI is InChI=1S/C25H28N2O/c1-17-4-7-20(8-5-17)16-26-25(28)21-9-11-23(12-10-21)27-19(3)15-22-14-18(2)6-13-24(22)27/h4-5,7-12,15,18H,6,13-14,16H2,1-3H3,(H,26,28). The van der Waals surface area contributed by atoms with E-state index in [1.54, 1.807) is 0 Å². The van der Waals surface area contributed by atoms with Crippen molar-refractivity contribution in [2.24, 2.45) is 5.92 Å². The molecule has 1 N–H and O–H groups in total. The van der Waals surface area contributed by atoms with Gasteiger partial charge >= 0.3 is 0 Å². The van der Waals surface area contributed by atoms with Gasteiger partial charge in [0, 0.05) is 29.2 Å². The predicted molar refractivity (Wildman–Crippen MR) is 114 cm³/mol. The molecule has 0 saturated carbocycles. The second-order valence-electron chi connectivity index (χ2n) is 8.16. The van der Waals surface area contributed by atoms with Crippen LogP contribution in [0.15, 0.2) is 54.6 Å². The number of fused-ring (bicyclic) bond motifs is 1. The van der Waals surface area contributed by atoms with E-state index in [9.17, 15) is 4.79 Å². The highest BCUT2D eigenvalue weighted by atomic mass is 16.1. The largest absolute Gasteiger partial charge is 0.348 e. The zero-order valence-electron chi connectivity index (χ0n) is 17.0. The van der Waals surface area contributed by atoms with Gasteiger partial charge in [0.2, 0.25) is 0 Å². The Morgan fingerprint density at radius 1 is 1.07 bits per heavy atom. The highest BCUT2D eigenvalue weighted by Crippen LogP contribution is 2.30. The molecule has 0 radical (unpaired) electrons. The fraction of sp³-hybridized carbons (Fsp3) is 0.320. The summed E-state index contributed by atoms with van der Waals surface area (Å²) in [7, 11) is 0. The highest BCUT2D eigenvalue weighted by Gasteiger charge is 2.21. The molecule has 1 heterocycles. The molecule has 1 aromatic heterocycles. The third kappa shape index (κ3) is 3.75. The minimum Gasteiger partial charge on any atom is -0.348 e. The summed E-state index contributed by atoms with van der Waals surface area (Å²) in [6, 6.07) is 18.5. The Morgan fingerprint density at radius 2 is 1.79 bits per heavy atom. The second-order valence-corrected chi connectivity index (χ2v) is 8.16. The first-order valence-electron chi connectivity index (χ1n) is 10.2. The summed E-state index contributed by atoms with van der Waals surface area (Å²) in [6.45, 7) is 7.11. The van der Waals surface area contributed by atoms with Crippen LogP contribution < -0.4 is 5.32 Å². The molecule has 2 aromatic carbocycles. The van der Waals surface area contributed by atoms with Gasteiger partial charge in [-0.05, 0) is 80.5 Å². The average molecular weight is 373 g/mol. The first-order valence-corrected chi connectivity index (χ1v) is 10.2. The number of aryl methyl sites for hydroxylation is 2. The summed E-state index contributed by atoms with van der Waals surface area (Å²) in [6.07, 6.45) is 3.54. The number of nitrogens with zero attached hydrogens (tertiary/aromatic N) is 1. The van der Waals surface area contributed by atoms with Gasteiger partial charge in [-0.25, -0.2) is 0 Å². The number of amides is 1. The Kier molecular flexibility index (Phi) is 5.08. The summed E-state index contributed by atoms with van der Waals surface area (Å²) in [5, 5.41) is 3.01. The van der Waals surface area contributed by atoms with Gasteiger partial charge in [0.15, 0.2) is 0 Å². The van der Waals surface area contributed by atoms with Crippen LogP contribution in [0, 0.1) is 19.8 Å². The lowest BCUT2D eigenvalue weighted by Gasteiger charge is -2.21. The Balaban J connectivity index is 1.48. The van der Waals surface area contributed by atoms with Gasteiger partial charge < -0.3 is 9.88 Å². The van der Waals surface area contributed by atoms with Gasteiger partial charge in [-0.15, -0.1) is 0 Å². The predicted octanol–water partition coefficient (Wildman–Crippen LogP) is 5.15. The molecule has 0 bridgehead atoms. The fourth-order valence-corrected chi connectivity index (χ4v) is 4.18. The average Bonchev–Trinajstić information content (AvgIpc) is 3.02. The molecule has 144 valence electrons. The Hall–Kier alpha value is -2.81. The molecule has 3 aromatic rings. The smallest absolute Gasteiger partial charge is 0.251 e. The zero-order valence-corrected chi connectivity index (χ0v) is 17.0. The van der Waals surface area contributed by atoms with Gasteiger partial charge in [0.25, 0.3) is 5.91 Å². The van der Waals surface area contributed by atoms with Crippen LogP contribution in [0.5, 0.6) is 0 Å². The molecule has 0 fully saturated rings. The molecular weight excluding hydrogens is 344 g/mol. The maximum Gasteiger partial charge on any atom is 0.251 e. The van der Waals surface area contributed by atoms with E-state index in [0.717, 1.165) is 23.6 Å². The molecule has 4 rings (SSSR count).